The highest BCUT2D eigenvalue weighted by atomic mass is 16.6. The predicted octanol–water partition coefficient (Wildman–Crippen LogP) is 2.32. The number of ether oxygens (including phenoxy) is 1. The first-order valence-electron chi connectivity index (χ1n) is 7.16. The minimum Gasteiger partial charge on any atom is -0.475 e. The lowest BCUT2D eigenvalue weighted by atomic mass is 10.2. The molecule has 7 nitrogen and oxygen atoms in total. The minimum absolute atomic E-state index is 0.0681. The van der Waals surface area contributed by atoms with E-state index in [4.69, 9.17) is 14.3 Å². The third kappa shape index (κ3) is 6.62. The van der Waals surface area contributed by atoms with Crippen LogP contribution in [0.1, 0.15) is 43.5 Å². The summed E-state index contributed by atoms with van der Waals surface area (Å²) in [7, 11) is 1.69. The Morgan fingerprint density at radius 2 is 2.05 bits per heavy atom. The van der Waals surface area contributed by atoms with Crippen LogP contribution in [-0.4, -0.2) is 47.8 Å². The molecule has 1 aromatic heterocycles. The summed E-state index contributed by atoms with van der Waals surface area (Å²) in [5, 5.41) is 11.9. The molecule has 22 heavy (non-hydrogen) atoms. The molecule has 0 bridgehead atoms. The summed E-state index contributed by atoms with van der Waals surface area (Å²) in [6, 6.07) is 3.05. The molecule has 0 aromatic carbocycles. The van der Waals surface area contributed by atoms with Gasteiger partial charge in [0.05, 0.1) is 6.54 Å². The molecule has 0 aliphatic carbocycles. The van der Waals surface area contributed by atoms with Crippen LogP contribution in [0.15, 0.2) is 16.5 Å². The Bertz CT molecular complexity index is 504. The smallest absolute Gasteiger partial charge is 0.410 e. The summed E-state index contributed by atoms with van der Waals surface area (Å²) in [5.41, 5.74) is -0.495. The van der Waals surface area contributed by atoms with Crippen LogP contribution in [0.3, 0.4) is 0 Å². The van der Waals surface area contributed by atoms with Gasteiger partial charge in [-0.25, -0.2) is 9.59 Å². The van der Waals surface area contributed by atoms with Crippen molar-refractivity contribution in [1.29, 1.82) is 0 Å². The van der Waals surface area contributed by atoms with Gasteiger partial charge >= 0.3 is 12.1 Å². The number of hydrogen-bond acceptors (Lipinski definition) is 5. The maximum Gasteiger partial charge on any atom is 0.410 e. The van der Waals surface area contributed by atoms with E-state index in [1.807, 2.05) is 20.8 Å². The van der Waals surface area contributed by atoms with Gasteiger partial charge in [-0.2, -0.15) is 0 Å². The third-order valence-corrected chi connectivity index (χ3v) is 2.72. The zero-order valence-corrected chi connectivity index (χ0v) is 13.5. The fraction of sp³-hybridized carbons (Fsp3) is 0.600. The Labute approximate surface area is 130 Å². The molecular formula is C15H24N2O5. The second-order valence-corrected chi connectivity index (χ2v) is 6.00. The van der Waals surface area contributed by atoms with Gasteiger partial charge in [0, 0.05) is 13.6 Å². The Balaban J connectivity index is 2.19. The second-order valence-electron chi connectivity index (χ2n) is 6.00. The van der Waals surface area contributed by atoms with Gasteiger partial charge in [0.1, 0.15) is 11.4 Å². The molecule has 0 aliphatic heterocycles. The average molecular weight is 312 g/mol. The summed E-state index contributed by atoms with van der Waals surface area (Å²) >= 11 is 0. The van der Waals surface area contributed by atoms with E-state index in [-0.39, 0.29) is 11.9 Å². The number of amides is 1. The van der Waals surface area contributed by atoms with Gasteiger partial charge in [-0.05, 0) is 45.9 Å². The first kappa shape index (κ1) is 18.0. The zero-order valence-electron chi connectivity index (χ0n) is 13.5. The summed E-state index contributed by atoms with van der Waals surface area (Å²) in [6.45, 7) is 7.18. The third-order valence-electron chi connectivity index (χ3n) is 2.72. The van der Waals surface area contributed by atoms with Crippen molar-refractivity contribution in [3.05, 3.63) is 23.7 Å². The Morgan fingerprint density at radius 3 is 2.59 bits per heavy atom. The van der Waals surface area contributed by atoms with Gasteiger partial charge in [0.2, 0.25) is 5.76 Å². The largest absolute Gasteiger partial charge is 0.475 e. The lowest BCUT2D eigenvalue weighted by Crippen LogP contribution is -2.35. The maximum atomic E-state index is 11.7. The fourth-order valence-electron chi connectivity index (χ4n) is 1.67. The second kappa shape index (κ2) is 7.84. The van der Waals surface area contributed by atoms with E-state index in [2.05, 4.69) is 5.32 Å². The Morgan fingerprint density at radius 1 is 1.36 bits per heavy atom. The summed E-state index contributed by atoms with van der Waals surface area (Å²) in [4.78, 5) is 23.9. The number of rotatable bonds is 7. The van der Waals surface area contributed by atoms with Gasteiger partial charge in [-0.3, -0.25) is 0 Å². The van der Waals surface area contributed by atoms with Crippen molar-refractivity contribution < 1.29 is 23.8 Å². The molecule has 0 fully saturated rings. The van der Waals surface area contributed by atoms with E-state index >= 15 is 0 Å². The highest BCUT2D eigenvalue weighted by Gasteiger charge is 2.19. The van der Waals surface area contributed by atoms with Crippen molar-refractivity contribution in [2.75, 3.05) is 20.1 Å². The van der Waals surface area contributed by atoms with Crippen molar-refractivity contribution in [3.8, 4) is 0 Å². The molecule has 0 unspecified atom stereocenters. The molecule has 0 atom stereocenters. The van der Waals surface area contributed by atoms with Crippen molar-refractivity contribution in [1.82, 2.24) is 10.2 Å². The van der Waals surface area contributed by atoms with Crippen LogP contribution in [0, 0.1) is 0 Å². The number of hydrogen-bond donors (Lipinski definition) is 2. The highest BCUT2D eigenvalue weighted by molar-refractivity contribution is 5.84. The molecular weight excluding hydrogens is 288 g/mol. The number of nitrogens with one attached hydrogen (secondary N) is 1. The molecule has 0 saturated heterocycles. The van der Waals surface area contributed by atoms with Crippen LogP contribution >= 0.6 is 0 Å². The Kier molecular flexibility index (Phi) is 6.42. The van der Waals surface area contributed by atoms with Crippen molar-refractivity contribution >= 4 is 12.1 Å². The normalized spacial score (nSPS) is 11.3. The minimum atomic E-state index is -1.08. The molecule has 124 valence electrons. The molecule has 1 rings (SSSR count). The monoisotopic (exact) mass is 312 g/mol. The number of aromatic carboxylic acids is 1. The van der Waals surface area contributed by atoms with E-state index in [0.29, 0.717) is 25.4 Å². The van der Waals surface area contributed by atoms with Crippen LogP contribution in [0.4, 0.5) is 4.79 Å². The van der Waals surface area contributed by atoms with E-state index in [1.165, 1.54) is 11.0 Å². The predicted molar refractivity (Wildman–Crippen MR) is 80.9 cm³/mol. The van der Waals surface area contributed by atoms with Gasteiger partial charge in [0.25, 0.3) is 0 Å². The average Bonchev–Trinajstić information content (AvgIpc) is 2.85. The molecule has 1 heterocycles. The number of carbonyl (C=O) groups excluding carboxylic acids is 1. The molecule has 7 heteroatoms. The highest BCUT2D eigenvalue weighted by Crippen LogP contribution is 2.09. The first-order valence-corrected chi connectivity index (χ1v) is 7.16. The molecule has 2 N–H and O–H groups in total. The summed E-state index contributed by atoms with van der Waals surface area (Å²) in [5.74, 6) is -0.579. The summed E-state index contributed by atoms with van der Waals surface area (Å²) in [6.07, 6.45) is 0.409. The lowest BCUT2D eigenvalue weighted by Gasteiger charge is -2.24. The van der Waals surface area contributed by atoms with Crippen LogP contribution in [-0.2, 0) is 11.3 Å². The van der Waals surface area contributed by atoms with E-state index in [1.54, 1.807) is 13.1 Å². The van der Waals surface area contributed by atoms with Crippen LogP contribution in [0.2, 0.25) is 0 Å². The first-order chi connectivity index (χ1) is 10.2. The zero-order chi connectivity index (χ0) is 16.8. The topological polar surface area (TPSA) is 92.0 Å². The summed E-state index contributed by atoms with van der Waals surface area (Å²) < 4.78 is 10.4. The molecule has 0 aliphatic rings. The van der Waals surface area contributed by atoms with Gasteiger partial charge in [0.15, 0.2) is 0 Å². The van der Waals surface area contributed by atoms with Crippen molar-refractivity contribution in [2.45, 2.75) is 39.3 Å². The van der Waals surface area contributed by atoms with Gasteiger partial charge in [-0.15, -0.1) is 0 Å². The van der Waals surface area contributed by atoms with Crippen LogP contribution < -0.4 is 5.32 Å². The quantitative estimate of drug-likeness (QED) is 0.751. The lowest BCUT2D eigenvalue weighted by molar-refractivity contribution is 0.0297. The van der Waals surface area contributed by atoms with Gasteiger partial charge in [-0.1, -0.05) is 0 Å². The van der Waals surface area contributed by atoms with E-state index < -0.39 is 11.6 Å². The number of carbonyl (C=O) groups is 2. The molecule has 0 radical (unpaired) electrons. The van der Waals surface area contributed by atoms with Crippen LogP contribution in [0.25, 0.3) is 0 Å². The maximum absolute atomic E-state index is 11.7. The van der Waals surface area contributed by atoms with Crippen LogP contribution in [0.5, 0.6) is 0 Å². The van der Waals surface area contributed by atoms with Gasteiger partial charge < -0.3 is 24.5 Å². The molecule has 0 saturated carbocycles. The SMILES string of the molecule is CN(CCCNCc1ccc(C(=O)O)o1)C(=O)OC(C)(C)C. The fourth-order valence-corrected chi connectivity index (χ4v) is 1.67. The number of nitrogens with zero attached hydrogens (tertiary/aromatic N) is 1. The number of furan rings is 1. The van der Waals surface area contributed by atoms with E-state index in [0.717, 1.165) is 6.42 Å². The van der Waals surface area contributed by atoms with Crippen molar-refractivity contribution in [3.63, 3.8) is 0 Å². The van der Waals surface area contributed by atoms with E-state index in [9.17, 15) is 9.59 Å². The number of carboxylic acids is 1. The standard InChI is InChI=1S/C15H24N2O5/c1-15(2,3)22-14(20)17(4)9-5-8-16-10-11-6-7-12(21-11)13(18)19/h6-7,16H,5,8-10H2,1-4H3,(H,18,19). The Hall–Kier alpha value is -2.02. The molecule has 0 spiro atoms. The number of carboxylic acid groups (broad SMARTS) is 1. The van der Waals surface area contributed by atoms with Crippen molar-refractivity contribution in [2.24, 2.45) is 0 Å². The molecule has 1 aromatic rings. The molecule has 1 amide bonds.